The second kappa shape index (κ2) is 5.88. The first-order valence-corrected chi connectivity index (χ1v) is 6.69. The van der Waals surface area contributed by atoms with E-state index in [1.165, 1.54) is 0 Å². The van der Waals surface area contributed by atoms with Crippen LogP contribution >= 0.6 is 0 Å². The molecule has 0 spiro atoms. The Labute approximate surface area is 114 Å². The largest absolute Gasteiger partial charge is 0.378 e. The lowest BCUT2D eigenvalue weighted by molar-refractivity contribution is -0.170. The molecule has 1 aliphatic rings. The highest BCUT2D eigenvalue weighted by molar-refractivity contribution is 5.89. The molecular weight excluding hydrogens is 246 g/mol. The van der Waals surface area contributed by atoms with E-state index in [-0.39, 0.29) is 24.3 Å². The highest BCUT2D eigenvalue weighted by Crippen LogP contribution is 2.49. The van der Waals surface area contributed by atoms with Crippen molar-refractivity contribution in [3.63, 3.8) is 0 Å². The third kappa shape index (κ3) is 2.90. The maximum atomic E-state index is 12.2. The second-order valence-electron chi connectivity index (χ2n) is 5.52. The van der Waals surface area contributed by atoms with Gasteiger partial charge in [-0.25, -0.2) is 0 Å². The van der Waals surface area contributed by atoms with E-state index in [1.807, 2.05) is 20.8 Å². The Hall–Kier alpha value is -1.14. The molecule has 1 rings (SSSR count). The predicted molar refractivity (Wildman–Crippen MR) is 72.4 cm³/mol. The summed E-state index contributed by atoms with van der Waals surface area (Å²) in [7, 11) is 1.57. The van der Waals surface area contributed by atoms with E-state index in [0.29, 0.717) is 19.6 Å². The van der Waals surface area contributed by atoms with Crippen molar-refractivity contribution in [2.75, 3.05) is 20.2 Å². The molecule has 19 heavy (non-hydrogen) atoms. The van der Waals surface area contributed by atoms with Crippen LogP contribution in [-0.2, 0) is 14.3 Å². The fourth-order valence-electron chi connectivity index (χ4n) is 2.39. The number of nitrogens with one attached hydrogen (secondary N) is 2. The summed E-state index contributed by atoms with van der Waals surface area (Å²) < 4.78 is 5.57. The highest BCUT2D eigenvalue weighted by Gasteiger charge is 2.62. The van der Waals surface area contributed by atoms with Gasteiger partial charge in [-0.1, -0.05) is 13.8 Å². The SMILES string of the molecule is CCOC1CC(N)(C(=O)NCCC(=O)NC)C1(C)C. The first-order chi connectivity index (χ1) is 8.79. The minimum absolute atomic E-state index is 0.00666. The van der Waals surface area contributed by atoms with Gasteiger partial charge in [-0.15, -0.1) is 0 Å². The number of carbonyl (C=O) groups is 2. The van der Waals surface area contributed by atoms with Gasteiger partial charge in [-0.3, -0.25) is 9.59 Å². The van der Waals surface area contributed by atoms with Crippen LogP contribution in [-0.4, -0.2) is 43.7 Å². The van der Waals surface area contributed by atoms with Crippen molar-refractivity contribution in [1.29, 1.82) is 0 Å². The molecule has 2 atom stereocenters. The van der Waals surface area contributed by atoms with Crippen LogP contribution in [0, 0.1) is 5.41 Å². The molecule has 1 saturated carbocycles. The summed E-state index contributed by atoms with van der Waals surface area (Å²) in [6.07, 6.45) is 0.778. The first-order valence-electron chi connectivity index (χ1n) is 6.69. The van der Waals surface area contributed by atoms with Crippen molar-refractivity contribution in [2.24, 2.45) is 11.1 Å². The topological polar surface area (TPSA) is 93.4 Å². The molecule has 6 heteroatoms. The molecule has 6 nitrogen and oxygen atoms in total. The highest BCUT2D eigenvalue weighted by atomic mass is 16.5. The molecule has 1 aliphatic carbocycles. The van der Waals surface area contributed by atoms with Crippen molar-refractivity contribution in [1.82, 2.24) is 10.6 Å². The van der Waals surface area contributed by atoms with Crippen LogP contribution in [0.5, 0.6) is 0 Å². The number of amides is 2. The maximum Gasteiger partial charge on any atom is 0.240 e. The van der Waals surface area contributed by atoms with Crippen molar-refractivity contribution in [2.45, 2.75) is 45.3 Å². The van der Waals surface area contributed by atoms with Crippen molar-refractivity contribution < 1.29 is 14.3 Å². The zero-order valence-electron chi connectivity index (χ0n) is 12.2. The Bertz CT molecular complexity index is 357. The van der Waals surface area contributed by atoms with E-state index in [0.717, 1.165) is 0 Å². The van der Waals surface area contributed by atoms with Gasteiger partial charge >= 0.3 is 0 Å². The third-order valence-corrected chi connectivity index (χ3v) is 4.15. The average molecular weight is 271 g/mol. The van der Waals surface area contributed by atoms with E-state index in [1.54, 1.807) is 7.05 Å². The molecule has 0 radical (unpaired) electrons. The molecule has 0 aliphatic heterocycles. The molecule has 1 fully saturated rings. The molecule has 110 valence electrons. The zero-order valence-corrected chi connectivity index (χ0v) is 12.2. The molecule has 0 aromatic rings. The van der Waals surface area contributed by atoms with Crippen molar-refractivity contribution in [3.05, 3.63) is 0 Å². The quantitative estimate of drug-likeness (QED) is 0.622. The van der Waals surface area contributed by atoms with Crippen LogP contribution in [0.25, 0.3) is 0 Å². The predicted octanol–water partition coefficient (Wildman–Crippen LogP) is -0.229. The lowest BCUT2D eigenvalue weighted by Gasteiger charge is -2.57. The van der Waals surface area contributed by atoms with Crippen LogP contribution in [0.4, 0.5) is 0 Å². The summed E-state index contributed by atoms with van der Waals surface area (Å²) >= 11 is 0. The minimum Gasteiger partial charge on any atom is -0.378 e. The van der Waals surface area contributed by atoms with Gasteiger partial charge in [-0.05, 0) is 6.92 Å². The molecule has 0 aromatic heterocycles. The Balaban J connectivity index is 2.51. The molecule has 0 aromatic carbocycles. The third-order valence-electron chi connectivity index (χ3n) is 4.15. The van der Waals surface area contributed by atoms with Crippen LogP contribution in [0.3, 0.4) is 0 Å². The average Bonchev–Trinajstić information content (AvgIpc) is 2.37. The van der Waals surface area contributed by atoms with Gasteiger partial charge in [0.25, 0.3) is 0 Å². The van der Waals surface area contributed by atoms with Crippen LogP contribution < -0.4 is 16.4 Å². The molecule has 0 bridgehead atoms. The first kappa shape index (κ1) is 15.9. The van der Waals surface area contributed by atoms with Gasteiger partial charge in [0.2, 0.25) is 11.8 Å². The number of hydrogen-bond acceptors (Lipinski definition) is 4. The zero-order chi connectivity index (χ0) is 14.7. The Morgan fingerprint density at radius 1 is 1.42 bits per heavy atom. The molecule has 0 heterocycles. The van der Waals surface area contributed by atoms with Gasteiger partial charge in [-0.2, -0.15) is 0 Å². The minimum atomic E-state index is -0.921. The summed E-state index contributed by atoms with van der Waals surface area (Å²) in [5.41, 5.74) is 4.88. The van der Waals surface area contributed by atoms with E-state index < -0.39 is 11.0 Å². The summed E-state index contributed by atoms with van der Waals surface area (Å²) in [4.78, 5) is 23.2. The fourth-order valence-corrected chi connectivity index (χ4v) is 2.39. The Kier molecular flexibility index (Phi) is 4.92. The summed E-state index contributed by atoms with van der Waals surface area (Å²) in [5, 5.41) is 5.23. The number of nitrogens with two attached hydrogens (primary N) is 1. The number of hydrogen-bond donors (Lipinski definition) is 3. The van der Waals surface area contributed by atoms with Crippen LogP contribution in [0.2, 0.25) is 0 Å². The molecular formula is C13H25N3O3. The van der Waals surface area contributed by atoms with Gasteiger partial charge < -0.3 is 21.1 Å². The molecule has 4 N–H and O–H groups in total. The van der Waals surface area contributed by atoms with E-state index >= 15 is 0 Å². The van der Waals surface area contributed by atoms with Crippen LogP contribution in [0.1, 0.15) is 33.6 Å². The van der Waals surface area contributed by atoms with Gasteiger partial charge in [0.15, 0.2) is 0 Å². The van der Waals surface area contributed by atoms with Crippen LogP contribution in [0.15, 0.2) is 0 Å². The van der Waals surface area contributed by atoms with Crippen molar-refractivity contribution >= 4 is 11.8 Å². The summed E-state index contributed by atoms with van der Waals surface area (Å²) in [6, 6.07) is 0. The lowest BCUT2D eigenvalue weighted by atomic mass is 9.54. The van der Waals surface area contributed by atoms with Gasteiger partial charge in [0, 0.05) is 38.5 Å². The molecule has 2 unspecified atom stereocenters. The summed E-state index contributed by atoms with van der Waals surface area (Å²) in [5.74, 6) is -0.316. The Morgan fingerprint density at radius 3 is 2.53 bits per heavy atom. The van der Waals surface area contributed by atoms with E-state index in [4.69, 9.17) is 10.5 Å². The standard InChI is InChI=1S/C13H25N3O3/c1-5-19-9-8-13(14,12(9,2)3)11(18)16-7-6-10(17)15-4/h9H,5-8,14H2,1-4H3,(H,15,17)(H,16,18). The Morgan fingerprint density at radius 2 is 2.05 bits per heavy atom. The molecule has 2 amide bonds. The number of carbonyl (C=O) groups excluding carboxylic acids is 2. The lowest BCUT2D eigenvalue weighted by Crippen LogP contribution is -2.75. The monoisotopic (exact) mass is 271 g/mol. The maximum absolute atomic E-state index is 12.2. The summed E-state index contributed by atoms with van der Waals surface area (Å²) in [6.45, 7) is 6.72. The number of rotatable bonds is 6. The normalized spacial score (nSPS) is 28.4. The molecule has 0 saturated heterocycles. The fraction of sp³-hybridized carbons (Fsp3) is 0.846. The number of ether oxygens (including phenoxy) is 1. The second-order valence-corrected chi connectivity index (χ2v) is 5.52. The van der Waals surface area contributed by atoms with Gasteiger partial charge in [0.05, 0.1) is 6.10 Å². The van der Waals surface area contributed by atoms with Crippen molar-refractivity contribution in [3.8, 4) is 0 Å². The van der Waals surface area contributed by atoms with E-state index in [2.05, 4.69) is 10.6 Å². The van der Waals surface area contributed by atoms with E-state index in [9.17, 15) is 9.59 Å². The smallest absolute Gasteiger partial charge is 0.240 e. The van der Waals surface area contributed by atoms with Gasteiger partial charge in [0.1, 0.15) is 5.54 Å².